The standard InChI is InChI=1S/C33H45NO.2C33H43NO.C33H41NO/c4*1-32-15-13-27(34-17-19-35-20-18-34)22-26(32)9-10-28-30-12-11-29(33(30,2)16-14-31(28)32)25-8-7-23-5-3-4-6-24(23)21-25/h3-8,21,26-31H,9-20,22H2,1-2H3;3-8,11,21,26-28,30-31H,9-10,12-20,22H2,1-2H3;3-9,21,27-31H,10-20,22H2,1-2H3;3-9,11,21,27-28,30-31H,10,12-20,22H2,1-2H3/t26-,27-,28-,29+,30-,31-,32-,33+;26-,27-,28-,30-,31-,32-,33+;27-,28-,29+,30-,31-,32-,33+;27-,28-,30-,31-,32-,33+/m0000/s1. The molecule has 140 heavy (non-hydrogen) atoms. The second kappa shape index (κ2) is 38.0. The van der Waals surface area contributed by atoms with Crippen molar-refractivity contribution in [2.75, 3.05) is 105 Å². The summed E-state index contributed by atoms with van der Waals surface area (Å²) in [6.07, 6.45) is 55.9. The fraction of sp³-hybridized carbons (Fsp3) is 0.636. The van der Waals surface area contributed by atoms with Gasteiger partial charge in [0.15, 0.2) is 0 Å². The predicted molar refractivity (Wildman–Crippen MR) is 580 cm³/mol. The molecule has 20 aliphatic rings. The number of morpholine rings is 4. The third-order valence-corrected chi connectivity index (χ3v) is 47.3. The van der Waals surface area contributed by atoms with E-state index in [9.17, 15) is 0 Å². The largest absolute Gasteiger partial charge is 0.379 e. The second-order valence-electron chi connectivity index (χ2n) is 52.4. The molecule has 4 saturated heterocycles. The topological polar surface area (TPSA) is 49.9 Å². The van der Waals surface area contributed by atoms with Crippen molar-refractivity contribution >= 4 is 54.2 Å². The Bertz CT molecular complexity index is 5830. The van der Waals surface area contributed by atoms with Crippen LogP contribution in [0.5, 0.6) is 0 Å². The number of hydrogen-bond donors (Lipinski definition) is 0. The lowest BCUT2D eigenvalue weighted by Gasteiger charge is -2.61. The fourth-order valence-corrected chi connectivity index (χ4v) is 39.5. The van der Waals surface area contributed by atoms with Crippen molar-refractivity contribution < 1.29 is 18.9 Å². The molecule has 12 saturated carbocycles. The van der Waals surface area contributed by atoms with Gasteiger partial charge >= 0.3 is 0 Å². The van der Waals surface area contributed by atoms with Gasteiger partial charge in [-0.05, 0) is 432 Å². The van der Waals surface area contributed by atoms with E-state index >= 15 is 0 Å². The molecule has 744 valence electrons. The molecule has 16 fully saturated rings. The molecule has 0 unspecified atom stereocenters. The molecule has 0 amide bonds. The van der Waals surface area contributed by atoms with Crippen LogP contribution in [-0.4, -0.2) is 149 Å². The summed E-state index contributed by atoms with van der Waals surface area (Å²) < 4.78 is 22.6. The average molecular weight is 1880 g/mol. The number of rotatable bonds is 8. The van der Waals surface area contributed by atoms with Crippen LogP contribution in [0.25, 0.3) is 54.2 Å². The van der Waals surface area contributed by atoms with Gasteiger partial charge in [-0.2, -0.15) is 0 Å². The lowest BCUT2D eigenvalue weighted by atomic mass is 9.44. The van der Waals surface area contributed by atoms with Crippen molar-refractivity contribution in [3.05, 3.63) is 228 Å². The molecule has 28 rings (SSSR count). The zero-order chi connectivity index (χ0) is 94.5. The summed E-state index contributed by atoms with van der Waals surface area (Å²) in [5.41, 5.74) is 16.8. The Kier molecular flexibility index (Phi) is 25.6. The molecule has 8 aromatic carbocycles. The van der Waals surface area contributed by atoms with E-state index in [0.29, 0.717) is 43.3 Å². The third kappa shape index (κ3) is 16.4. The van der Waals surface area contributed by atoms with Crippen molar-refractivity contribution in [2.24, 2.45) is 126 Å². The van der Waals surface area contributed by atoms with E-state index in [4.69, 9.17) is 18.9 Å². The number of ether oxygens (including phenoxy) is 4. The number of hydrogen-bond acceptors (Lipinski definition) is 8. The molecule has 0 radical (unpaired) electrons. The third-order valence-electron chi connectivity index (χ3n) is 47.3. The summed E-state index contributed by atoms with van der Waals surface area (Å²) in [6.45, 7) is 38.0. The van der Waals surface area contributed by atoms with Crippen LogP contribution in [-0.2, 0) is 18.9 Å². The van der Waals surface area contributed by atoms with Gasteiger partial charge in [-0.1, -0.05) is 249 Å². The van der Waals surface area contributed by atoms with E-state index in [1.807, 2.05) is 11.1 Å². The van der Waals surface area contributed by atoms with E-state index in [2.05, 4.69) is 269 Å². The lowest BCUT2D eigenvalue weighted by molar-refractivity contribution is -0.121. The van der Waals surface area contributed by atoms with Crippen LogP contribution in [0.2, 0.25) is 0 Å². The smallest absolute Gasteiger partial charge is 0.0594 e. The number of fused-ring (bicyclic) bond motifs is 24. The van der Waals surface area contributed by atoms with Gasteiger partial charge < -0.3 is 18.9 Å². The Morgan fingerprint density at radius 1 is 0.243 bits per heavy atom. The summed E-state index contributed by atoms with van der Waals surface area (Å²) in [4.78, 5) is 11.0. The molecule has 0 spiro atoms. The quantitative estimate of drug-likeness (QED) is 0.140. The molecule has 16 aliphatic carbocycles. The highest BCUT2D eigenvalue weighted by Gasteiger charge is 2.65. The van der Waals surface area contributed by atoms with Crippen molar-refractivity contribution in [2.45, 2.75) is 297 Å². The molecule has 8 nitrogen and oxygen atoms in total. The minimum Gasteiger partial charge on any atom is -0.379 e. The molecule has 0 aromatic heterocycles. The van der Waals surface area contributed by atoms with E-state index in [-0.39, 0.29) is 0 Å². The van der Waals surface area contributed by atoms with Gasteiger partial charge in [0.1, 0.15) is 0 Å². The highest BCUT2D eigenvalue weighted by atomic mass is 16.5. The molecule has 0 N–H and O–H groups in total. The van der Waals surface area contributed by atoms with Crippen molar-refractivity contribution in [1.82, 2.24) is 19.6 Å². The molecular formula is C132H172N4O4. The zero-order valence-corrected chi connectivity index (χ0v) is 87.4. The van der Waals surface area contributed by atoms with Crippen LogP contribution in [0.4, 0.5) is 0 Å². The second-order valence-corrected chi connectivity index (χ2v) is 52.4. The van der Waals surface area contributed by atoms with Crippen LogP contribution < -0.4 is 0 Å². The summed E-state index contributed by atoms with van der Waals surface area (Å²) in [5, 5.41) is 11.1. The molecule has 4 aliphatic heterocycles. The van der Waals surface area contributed by atoms with Crippen molar-refractivity contribution in [3.8, 4) is 0 Å². The number of allylic oxidation sites excluding steroid dienone is 6. The Morgan fingerprint density at radius 2 is 0.557 bits per heavy atom. The van der Waals surface area contributed by atoms with Crippen molar-refractivity contribution in [1.29, 1.82) is 0 Å². The molecule has 28 atom stereocenters. The van der Waals surface area contributed by atoms with Crippen LogP contribution in [0, 0.1) is 126 Å². The van der Waals surface area contributed by atoms with E-state index in [1.54, 1.807) is 22.3 Å². The monoisotopic (exact) mass is 1880 g/mol. The van der Waals surface area contributed by atoms with Crippen LogP contribution in [0.1, 0.15) is 295 Å². The first-order valence-electron chi connectivity index (χ1n) is 58.3. The summed E-state index contributed by atoms with van der Waals surface area (Å²) in [6, 6.07) is 67.8. The minimum atomic E-state index is 0.330. The predicted octanol–water partition coefficient (Wildman–Crippen LogP) is 30.3. The first kappa shape index (κ1) is 94.4. The average Bonchev–Trinajstić information content (AvgIpc) is 1.47. The van der Waals surface area contributed by atoms with E-state index in [0.717, 1.165) is 224 Å². The van der Waals surface area contributed by atoms with Gasteiger partial charge in [0.25, 0.3) is 0 Å². The summed E-state index contributed by atoms with van der Waals surface area (Å²) >= 11 is 0. The minimum absolute atomic E-state index is 0.330. The fourth-order valence-electron chi connectivity index (χ4n) is 39.5. The van der Waals surface area contributed by atoms with Gasteiger partial charge in [0.2, 0.25) is 0 Å². The van der Waals surface area contributed by atoms with Gasteiger partial charge in [0, 0.05) is 76.5 Å². The lowest BCUT2D eigenvalue weighted by Crippen LogP contribution is -2.56. The van der Waals surface area contributed by atoms with Crippen molar-refractivity contribution in [3.63, 3.8) is 0 Å². The Hall–Kier alpha value is -6.56. The molecule has 0 bridgehead atoms. The van der Waals surface area contributed by atoms with Gasteiger partial charge in [-0.25, -0.2) is 0 Å². The molecule has 8 heteroatoms. The Balaban J connectivity index is 0.0000000985. The Labute approximate surface area is 843 Å². The SMILES string of the molecule is C[C@]12CC[C@H](N3CCOCC3)CC1=CC[C@@H]1[C@@H]2CC[C@]2(C)C(c3ccc4ccccc4c3)=CC[C@@H]12.C[C@]12CC[C@H](N3CCOCC3)C[C@@H]1CC[C@@H]1[C@@H]2CC[C@]2(C)C(c3ccc4ccccc4c3)=CC[C@@H]12.C[C@]12CC[C@H](N3CCOCC3)C[C@@H]1CC[C@@H]1[C@@H]2CC[C@]2(C)[C@@H](c3ccc4ccccc4c3)CC[C@@H]12.C[C@]12CC[C@H]3[C@@H](CC=C4C[C@@H](N5CCOCC5)CC[C@@]43C)[C@@H]1CC[C@@H]2c1ccc2ccccc2c1. The summed E-state index contributed by atoms with van der Waals surface area (Å²) in [5.74, 6) is 14.2. The maximum absolute atomic E-state index is 5.66. The maximum Gasteiger partial charge on any atom is 0.0594 e. The van der Waals surface area contributed by atoms with Crippen LogP contribution in [0.15, 0.2) is 205 Å². The van der Waals surface area contributed by atoms with Gasteiger partial charge in [-0.15, -0.1) is 0 Å². The zero-order valence-electron chi connectivity index (χ0n) is 87.4. The van der Waals surface area contributed by atoms with E-state index < -0.39 is 0 Å². The first-order valence-corrected chi connectivity index (χ1v) is 58.3. The summed E-state index contributed by atoms with van der Waals surface area (Å²) in [7, 11) is 0. The van der Waals surface area contributed by atoms with Gasteiger partial charge in [0.05, 0.1) is 52.9 Å². The van der Waals surface area contributed by atoms with Crippen LogP contribution >= 0.6 is 0 Å². The Morgan fingerprint density at radius 3 is 0.979 bits per heavy atom. The number of nitrogens with zero attached hydrogens (tertiary/aromatic N) is 4. The van der Waals surface area contributed by atoms with Crippen LogP contribution in [0.3, 0.4) is 0 Å². The number of benzene rings is 8. The normalized spacial score (nSPS) is 41.7. The highest BCUT2D eigenvalue weighted by molar-refractivity contribution is 5.89. The molecule has 8 aromatic rings. The molecule has 4 heterocycles. The van der Waals surface area contributed by atoms with Gasteiger partial charge in [-0.3, -0.25) is 19.6 Å². The maximum atomic E-state index is 5.66. The van der Waals surface area contributed by atoms with E-state index in [1.165, 1.54) is 260 Å². The highest BCUT2D eigenvalue weighted by Crippen LogP contribution is 2.74. The molecular weight excluding hydrogens is 1710 g/mol. The first-order chi connectivity index (χ1) is 68.2.